The minimum atomic E-state index is -0.662. The van der Waals surface area contributed by atoms with Crippen molar-refractivity contribution in [2.45, 2.75) is 443 Å². The molecular weight excluding hydrogens is 995 g/mol. The Bertz CT molecular complexity index is 1220. The number of aliphatic hydroxyl groups excluding tert-OH is 2. The average molecular weight is 1140 g/mol. The van der Waals surface area contributed by atoms with Gasteiger partial charge in [0.2, 0.25) is 5.91 Å². The Morgan fingerprint density at radius 1 is 0.333 bits per heavy atom. The molecule has 482 valence electrons. The van der Waals surface area contributed by atoms with Crippen LogP contribution in [0.25, 0.3) is 0 Å². The molecule has 0 aliphatic heterocycles. The SMILES string of the molecule is CCCCCCCCC/C=C\CCCCCCCCCC(=O)OCCCCCCCCCCCCCCCCCCCCCCCCCCCCCCC(=O)NC(CO)C(O)CCCCCCCCCCCCCCCCCCCC. The summed E-state index contributed by atoms with van der Waals surface area (Å²) in [4.78, 5) is 24.7. The number of carbonyl (C=O) groups excluding carboxylic acids is 2. The number of esters is 1. The van der Waals surface area contributed by atoms with Crippen LogP contribution in [0.3, 0.4) is 0 Å². The fourth-order valence-corrected chi connectivity index (χ4v) is 12.1. The number of ether oxygens (including phenoxy) is 1. The molecule has 2 unspecified atom stereocenters. The minimum Gasteiger partial charge on any atom is -0.466 e. The van der Waals surface area contributed by atoms with Crippen molar-refractivity contribution in [2.75, 3.05) is 13.2 Å². The van der Waals surface area contributed by atoms with E-state index in [1.54, 1.807) is 0 Å². The number of amides is 1. The maximum absolute atomic E-state index is 12.5. The third-order valence-corrected chi connectivity index (χ3v) is 17.8. The zero-order chi connectivity index (χ0) is 58.5. The van der Waals surface area contributed by atoms with Crippen LogP contribution in [0.2, 0.25) is 0 Å². The molecule has 0 aromatic heterocycles. The monoisotopic (exact) mass is 1140 g/mol. The average Bonchev–Trinajstić information content (AvgIpc) is 3.47. The van der Waals surface area contributed by atoms with E-state index in [4.69, 9.17) is 4.74 Å². The van der Waals surface area contributed by atoms with Gasteiger partial charge in [-0.25, -0.2) is 0 Å². The summed E-state index contributed by atoms with van der Waals surface area (Å²) < 4.78 is 5.51. The van der Waals surface area contributed by atoms with Crippen LogP contribution in [0.4, 0.5) is 0 Å². The summed E-state index contributed by atoms with van der Waals surface area (Å²) in [5.41, 5.74) is 0. The fourth-order valence-electron chi connectivity index (χ4n) is 12.1. The normalized spacial score (nSPS) is 12.5. The zero-order valence-corrected chi connectivity index (χ0v) is 55.3. The zero-order valence-electron chi connectivity index (χ0n) is 55.3. The summed E-state index contributed by atoms with van der Waals surface area (Å²) in [5, 5.41) is 23.4. The van der Waals surface area contributed by atoms with Gasteiger partial charge < -0.3 is 20.3 Å². The van der Waals surface area contributed by atoms with Crippen LogP contribution in [0, 0.1) is 0 Å². The molecule has 2 atom stereocenters. The summed E-state index contributed by atoms with van der Waals surface area (Å²) in [6, 6.07) is -0.539. The second kappa shape index (κ2) is 71.1. The van der Waals surface area contributed by atoms with Gasteiger partial charge in [0.15, 0.2) is 0 Å². The maximum Gasteiger partial charge on any atom is 0.305 e. The number of unbranched alkanes of at least 4 members (excludes halogenated alkanes) is 58. The Hall–Kier alpha value is -1.40. The topological polar surface area (TPSA) is 95.9 Å². The molecule has 0 radical (unpaired) electrons. The smallest absolute Gasteiger partial charge is 0.305 e. The molecule has 3 N–H and O–H groups in total. The van der Waals surface area contributed by atoms with Crippen molar-refractivity contribution in [3.63, 3.8) is 0 Å². The highest BCUT2D eigenvalue weighted by atomic mass is 16.5. The van der Waals surface area contributed by atoms with E-state index >= 15 is 0 Å². The van der Waals surface area contributed by atoms with E-state index in [0.717, 1.165) is 44.9 Å². The summed E-state index contributed by atoms with van der Waals surface area (Å²) in [7, 11) is 0. The Morgan fingerprint density at radius 3 is 0.877 bits per heavy atom. The van der Waals surface area contributed by atoms with E-state index in [-0.39, 0.29) is 18.5 Å². The van der Waals surface area contributed by atoms with Gasteiger partial charge in [0.1, 0.15) is 0 Å². The van der Waals surface area contributed by atoms with Gasteiger partial charge in [-0.3, -0.25) is 9.59 Å². The first-order valence-electron chi connectivity index (χ1n) is 37.4. The second-order valence-corrected chi connectivity index (χ2v) is 26.0. The number of rotatable bonds is 71. The van der Waals surface area contributed by atoms with Crippen molar-refractivity contribution in [3.8, 4) is 0 Å². The second-order valence-electron chi connectivity index (χ2n) is 26.0. The molecule has 0 fully saturated rings. The highest BCUT2D eigenvalue weighted by Gasteiger charge is 2.20. The van der Waals surface area contributed by atoms with Crippen molar-refractivity contribution in [2.24, 2.45) is 0 Å². The lowest BCUT2D eigenvalue weighted by molar-refractivity contribution is -0.143. The van der Waals surface area contributed by atoms with Gasteiger partial charge in [0.05, 0.1) is 25.4 Å². The van der Waals surface area contributed by atoms with Crippen LogP contribution in [0.15, 0.2) is 12.2 Å². The molecule has 0 saturated heterocycles. The summed E-state index contributed by atoms with van der Waals surface area (Å²) >= 11 is 0. The number of hydrogen-bond donors (Lipinski definition) is 3. The van der Waals surface area contributed by atoms with Crippen molar-refractivity contribution in [3.05, 3.63) is 12.2 Å². The van der Waals surface area contributed by atoms with Gasteiger partial charge in [-0.05, 0) is 51.4 Å². The van der Waals surface area contributed by atoms with E-state index in [2.05, 4.69) is 31.3 Å². The van der Waals surface area contributed by atoms with E-state index in [1.807, 2.05) is 0 Å². The molecule has 0 rings (SSSR count). The van der Waals surface area contributed by atoms with Gasteiger partial charge in [-0.15, -0.1) is 0 Å². The van der Waals surface area contributed by atoms with Gasteiger partial charge in [-0.2, -0.15) is 0 Å². The first kappa shape index (κ1) is 79.6. The molecular formula is C75H147NO5. The molecule has 0 spiro atoms. The largest absolute Gasteiger partial charge is 0.466 e. The van der Waals surface area contributed by atoms with Gasteiger partial charge in [-0.1, -0.05) is 379 Å². The standard InChI is InChI=1S/C75H147NO5/c1-3-5-7-9-11-13-15-17-19-21-35-39-43-47-51-55-59-63-67-73(78)72(71-77)76-74(79)68-64-60-56-52-48-44-40-36-33-31-29-27-25-23-24-26-28-30-32-34-38-42-46-50-54-58-62-66-70-81-75(80)69-65-61-57-53-49-45-41-37-22-20-18-16-14-12-10-8-6-4-2/h20,22,72-73,77-78H,3-19,21,23-71H2,1-2H3,(H,76,79)/b22-20-. The van der Waals surface area contributed by atoms with E-state index in [0.29, 0.717) is 25.9 Å². The number of carbonyl (C=O) groups is 2. The number of allylic oxidation sites excluding steroid dienone is 2. The summed E-state index contributed by atoms with van der Waals surface area (Å²) in [6.45, 7) is 5.00. The molecule has 0 aromatic carbocycles. The Kier molecular flexibility index (Phi) is 69.9. The lowest BCUT2D eigenvalue weighted by atomic mass is 10.0. The molecule has 6 nitrogen and oxygen atoms in total. The Balaban J connectivity index is 3.33. The molecule has 0 aliphatic rings. The molecule has 0 heterocycles. The number of aliphatic hydroxyl groups is 2. The van der Waals surface area contributed by atoms with Crippen molar-refractivity contribution in [1.82, 2.24) is 5.32 Å². The van der Waals surface area contributed by atoms with E-state index in [1.165, 1.54) is 353 Å². The maximum atomic E-state index is 12.5. The van der Waals surface area contributed by atoms with E-state index < -0.39 is 12.1 Å². The Morgan fingerprint density at radius 2 is 0.580 bits per heavy atom. The number of hydrogen-bond acceptors (Lipinski definition) is 5. The van der Waals surface area contributed by atoms with Crippen molar-refractivity contribution in [1.29, 1.82) is 0 Å². The molecule has 0 bridgehead atoms. The molecule has 0 saturated carbocycles. The van der Waals surface area contributed by atoms with Crippen LogP contribution in [0.1, 0.15) is 431 Å². The third kappa shape index (κ3) is 67.6. The Labute approximate surface area is 508 Å². The van der Waals surface area contributed by atoms with Gasteiger partial charge in [0.25, 0.3) is 0 Å². The van der Waals surface area contributed by atoms with Gasteiger partial charge >= 0.3 is 5.97 Å². The first-order chi connectivity index (χ1) is 40.0. The summed E-state index contributed by atoms with van der Waals surface area (Å²) in [5.74, 6) is -0.0101. The lowest BCUT2D eigenvalue weighted by Crippen LogP contribution is -2.45. The molecule has 0 aromatic rings. The molecule has 1 amide bonds. The van der Waals surface area contributed by atoms with Gasteiger partial charge in [0, 0.05) is 12.8 Å². The highest BCUT2D eigenvalue weighted by Crippen LogP contribution is 2.20. The van der Waals surface area contributed by atoms with Crippen LogP contribution in [-0.2, 0) is 14.3 Å². The van der Waals surface area contributed by atoms with E-state index in [9.17, 15) is 19.8 Å². The highest BCUT2D eigenvalue weighted by molar-refractivity contribution is 5.76. The predicted octanol–water partition coefficient (Wildman–Crippen LogP) is 24.3. The summed E-state index contributed by atoms with van der Waals surface area (Å²) in [6.07, 6.45) is 88.5. The third-order valence-electron chi connectivity index (χ3n) is 17.8. The van der Waals surface area contributed by atoms with Crippen LogP contribution in [-0.4, -0.2) is 47.4 Å². The fraction of sp³-hybridized carbons (Fsp3) is 0.947. The molecule has 81 heavy (non-hydrogen) atoms. The van der Waals surface area contributed by atoms with Crippen LogP contribution in [0.5, 0.6) is 0 Å². The lowest BCUT2D eigenvalue weighted by Gasteiger charge is -2.22. The molecule has 0 aliphatic carbocycles. The van der Waals surface area contributed by atoms with Crippen molar-refractivity contribution >= 4 is 11.9 Å². The van der Waals surface area contributed by atoms with Crippen LogP contribution < -0.4 is 5.32 Å². The van der Waals surface area contributed by atoms with Crippen LogP contribution >= 0.6 is 0 Å². The molecule has 6 heteroatoms. The quantitative estimate of drug-likeness (QED) is 0.0320. The predicted molar refractivity (Wildman–Crippen MR) is 357 cm³/mol. The number of nitrogens with one attached hydrogen (secondary N) is 1. The first-order valence-corrected chi connectivity index (χ1v) is 37.4. The minimum absolute atomic E-state index is 0.0171. The van der Waals surface area contributed by atoms with Crippen molar-refractivity contribution < 1.29 is 24.5 Å².